The van der Waals surface area contributed by atoms with Crippen LogP contribution in [-0.2, 0) is 21.2 Å². The van der Waals surface area contributed by atoms with Crippen molar-refractivity contribution in [2.75, 3.05) is 26.7 Å². The molecule has 142 valence electrons. The standard InChI is InChI=1S/C19H19ClN2O4S/c1-26-17-7-6-14(20)10-18(17)27(24,25)21-11-16-15-5-3-2-4-13(15)8-9-22(16)19(23)12-21/h2-7,10,16H,8-9,11-12H2,1H3/t16-/m1/s1. The minimum Gasteiger partial charge on any atom is -0.495 e. The van der Waals surface area contributed by atoms with Crippen LogP contribution in [0.1, 0.15) is 17.2 Å². The fourth-order valence-corrected chi connectivity index (χ4v) is 5.63. The molecule has 0 bridgehead atoms. The Bertz CT molecular complexity index is 1010. The number of methoxy groups -OCH3 is 1. The summed E-state index contributed by atoms with van der Waals surface area (Å²) in [5.41, 5.74) is 2.17. The summed E-state index contributed by atoms with van der Waals surface area (Å²) in [6.45, 7) is 0.631. The Morgan fingerprint density at radius 1 is 1.19 bits per heavy atom. The van der Waals surface area contributed by atoms with Crippen LogP contribution in [0.15, 0.2) is 47.4 Å². The van der Waals surface area contributed by atoms with Crippen molar-refractivity contribution in [1.29, 1.82) is 0 Å². The molecule has 0 unspecified atom stereocenters. The molecule has 0 aromatic heterocycles. The van der Waals surface area contributed by atoms with Gasteiger partial charge in [-0.3, -0.25) is 4.79 Å². The highest BCUT2D eigenvalue weighted by Gasteiger charge is 2.42. The lowest BCUT2D eigenvalue weighted by Crippen LogP contribution is -2.55. The summed E-state index contributed by atoms with van der Waals surface area (Å²) in [5.74, 6) is 0.0173. The summed E-state index contributed by atoms with van der Waals surface area (Å²) in [6, 6.07) is 12.0. The van der Waals surface area contributed by atoms with Gasteiger partial charge in [0.25, 0.3) is 0 Å². The van der Waals surface area contributed by atoms with Crippen molar-refractivity contribution in [3.63, 3.8) is 0 Å². The second kappa shape index (κ2) is 6.82. The average molecular weight is 407 g/mol. The molecule has 27 heavy (non-hydrogen) atoms. The highest BCUT2D eigenvalue weighted by atomic mass is 35.5. The van der Waals surface area contributed by atoms with Crippen molar-refractivity contribution in [1.82, 2.24) is 9.21 Å². The number of halogens is 1. The van der Waals surface area contributed by atoms with Gasteiger partial charge in [-0.1, -0.05) is 35.9 Å². The van der Waals surface area contributed by atoms with Crippen LogP contribution in [0.5, 0.6) is 5.75 Å². The first-order chi connectivity index (χ1) is 12.9. The van der Waals surface area contributed by atoms with Crippen LogP contribution in [-0.4, -0.2) is 50.3 Å². The molecule has 1 saturated heterocycles. The molecule has 8 heteroatoms. The SMILES string of the molecule is COc1ccc(Cl)cc1S(=O)(=O)N1CC(=O)N2CCc3ccccc3[C@H]2C1. The van der Waals surface area contributed by atoms with Gasteiger partial charge in [-0.05, 0) is 35.7 Å². The van der Waals surface area contributed by atoms with E-state index < -0.39 is 10.0 Å². The maximum Gasteiger partial charge on any atom is 0.247 e. The number of sulfonamides is 1. The summed E-state index contributed by atoms with van der Waals surface area (Å²) in [5, 5.41) is 0.294. The number of benzene rings is 2. The molecule has 2 aliphatic rings. The van der Waals surface area contributed by atoms with Crippen LogP contribution in [0.3, 0.4) is 0 Å². The molecular weight excluding hydrogens is 388 g/mol. The van der Waals surface area contributed by atoms with Gasteiger partial charge in [-0.15, -0.1) is 0 Å². The zero-order valence-electron chi connectivity index (χ0n) is 14.8. The summed E-state index contributed by atoms with van der Waals surface area (Å²) in [4.78, 5) is 14.5. The maximum atomic E-state index is 13.3. The first-order valence-electron chi connectivity index (χ1n) is 8.63. The number of carbonyl (C=O) groups excluding carboxylic acids is 1. The topological polar surface area (TPSA) is 66.9 Å². The van der Waals surface area contributed by atoms with Gasteiger partial charge in [0.15, 0.2) is 0 Å². The van der Waals surface area contributed by atoms with Crippen molar-refractivity contribution in [2.45, 2.75) is 17.4 Å². The second-order valence-electron chi connectivity index (χ2n) is 6.64. The molecule has 0 saturated carbocycles. The quantitative estimate of drug-likeness (QED) is 0.785. The lowest BCUT2D eigenvalue weighted by atomic mass is 9.91. The zero-order valence-corrected chi connectivity index (χ0v) is 16.3. The molecule has 2 heterocycles. The summed E-state index contributed by atoms with van der Waals surface area (Å²) >= 11 is 6.01. The number of fused-ring (bicyclic) bond motifs is 3. The molecule has 2 aromatic rings. The van der Waals surface area contributed by atoms with E-state index in [4.69, 9.17) is 16.3 Å². The Balaban J connectivity index is 1.74. The third kappa shape index (κ3) is 3.09. The molecule has 0 aliphatic carbocycles. The van der Waals surface area contributed by atoms with E-state index in [-0.39, 0.29) is 35.7 Å². The van der Waals surface area contributed by atoms with Crippen molar-refractivity contribution in [3.05, 3.63) is 58.6 Å². The van der Waals surface area contributed by atoms with Gasteiger partial charge in [0.1, 0.15) is 10.6 Å². The molecule has 1 amide bonds. The predicted octanol–water partition coefficient (Wildman–Crippen LogP) is 2.48. The summed E-state index contributed by atoms with van der Waals surface area (Å²) in [7, 11) is -2.53. The molecule has 0 spiro atoms. The fraction of sp³-hybridized carbons (Fsp3) is 0.316. The Kier molecular flexibility index (Phi) is 4.61. The van der Waals surface area contributed by atoms with Crippen molar-refractivity contribution < 1.29 is 17.9 Å². The van der Waals surface area contributed by atoms with E-state index in [1.54, 1.807) is 11.0 Å². The lowest BCUT2D eigenvalue weighted by molar-refractivity contribution is -0.138. The van der Waals surface area contributed by atoms with Gasteiger partial charge in [0.05, 0.1) is 19.7 Å². The largest absolute Gasteiger partial charge is 0.495 e. The lowest BCUT2D eigenvalue weighted by Gasteiger charge is -2.44. The number of piperazine rings is 1. The molecular formula is C19H19ClN2O4S. The van der Waals surface area contributed by atoms with Gasteiger partial charge >= 0.3 is 0 Å². The highest BCUT2D eigenvalue weighted by Crippen LogP contribution is 2.36. The van der Waals surface area contributed by atoms with Gasteiger partial charge in [0.2, 0.25) is 15.9 Å². The molecule has 0 N–H and O–H groups in total. The number of amides is 1. The van der Waals surface area contributed by atoms with Gasteiger partial charge in [-0.25, -0.2) is 8.42 Å². The average Bonchev–Trinajstić information content (AvgIpc) is 2.67. The normalized spacial score (nSPS) is 20.1. The Hall–Kier alpha value is -2.09. The minimum atomic E-state index is -3.94. The van der Waals surface area contributed by atoms with Crippen LogP contribution in [0.4, 0.5) is 0 Å². The molecule has 2 aromatic carbocycles. The molecule has 0 radical (unpaired) electrons. The monoisotopic (exact) mass is 406 g/mol. The first kappa shape index (κ1) is 18.3. The molecule has 6 nitrogen and oxygen atoms in total. The molecule has 2 aliphatic heterocycles. The van der Waals surface area contributed by atoms with Crippen molar-refractivity contribution in [2.24, 2.45) is 0 Å². The number of nitrogens with zero attached hydrogens (tertiary/aromatic N) is 2. The van der Waals surface area contributed by atoms with Crippen LogP contribution in [0.2, 0.25) is 5.02 Å². The molecule has 1 atom stereocenters. The Morgan fingerprint density at radius 2 is 1.96 bits per heavy atom. The van der Waals surface area contributed by atoms with Crippen LogP contribution >= 0.6 is 11.6 Å². The highest BCUT2D eigenvalue weighted by molar-refractivity contribution is 7.89. The van der Waals surface area contributed by atoms with E-state index in [0.29, 0.717) is 11.6 Å². The van der Waals surface area contributed by atoms with Gasteiger partial charge < -0.3 is 9.64 Å². The second-order valence-corrected chi connectivity index (χ2v) is 8.99. The van der Waals surface area contributed by atoms with E-state index in [9.17, 15) is 13.2 Å². The van der Waals surface area contributed by atoms with Crippen LogP contribution in [0, 0.1) is 0 Å². The number of hydrogen-bond donors (Lipinski definition) is 0. The van der Waals surface area contributed by atoms with E-state index in [1.165, 1.54) is 23.5 Å². The predicted molar refractivity (Wildman–Crippen MR) is 101 cm³/mol. The Labute approximate surface area is 163 Å². The van der Waals surface area contributed by atoms with E-state index in [0.717, 1.165) is 17.5 Å². The first-order valence-corrected chi connectivity index (χ1v) is 10.4. The van der Waals surface area contributed by atoms with E-state index >= 15 is 0 Å². The fourth-order valence-electron chi connectivity index (χ4n) is 3.82. The van der Waals surface area contributed by atoms with Crippen LogP contribution in [0.25, 0.3) is 0 Å². The third-order valence-corrected chi connectivity index (χ3v) is 7.23. The number of ether oxygens (including phenoxy) is 1. The van der Waals surface area contributed by atoms with E-state index in [1.807, 2.05) is 24.3 Å². The van der Waals surface area contributed by atoms with Crippen molar-refractivity contribution >= 4 is 27.5 Å². The smallest absolute Gasteiger partial charge is 0.247 e. The summed E-state index contributed by atoms with van der Waals surface area (Å²) < 4.78 is 33.0. The maximum absolute atomic E-state index is 13.3. The number of hydrogen-bond acceptors (Lipinski definition) is 4. The Morgan fingerprint density at radius 3 is 2.74 bits per heavy atom. The minimum absolute atomic E-state index is 0.0251. The van der Waals surface area contributed by atoms with Crippen LogP contribution < -0.4 is 4.74 Å². The zero-order chi connectivity index (χ0) is 19.2. The van der Waals surface area contributed by atoms with Gasteiger partial charge in [-0.2, -0.15) is 4.31 Å². The summed E-state index contributed by atoms with van der Waals surface area (Å²) in [6.07, 6.45) is 0.785. The number of rotatable bonds is 3. The molecule has 1 fully saturated rings. The number of carbonyl (C=O) groups is 1. The van der Waals surface area contributed by atoms with E-state index in [2.05, 4.69) is 0 Å². The molecule has 4 rings (SSSR count). The van der Waals surface area contributed by atoms with Crippen molar-refractivity contribution in [3.8, 4) is 5.75 Å². The van der Waals surface area contributed by atoms with Gasteiger partial charge in [0, 0.05) is 18.1 Å². The third-order valence-electron chi connectivity index (χ3n) is 5.16.